The van der Waals surface area contributed by atoms with E-state index in [0.29, 0.717) is 121 Å². The number of para-hydroxylation sites is 1. The summed E-state index contributed by atoms with van der Waals surface area (Å²) >= 11 is 0. The highest BCUT2D eigenvalue weighted by Crippen LogP contribution is 2.36. The lowest BCUT2D eigenvalue weighted by molar-refractivity contribution is -0.0395. The van der Waals surface area contributed by atoms with Crippen LogP contribution in [0.2, 0.25) is 0 Å². The van der Waals surface area contributed by atoms with E-state index in [1.54, 1.807) is 51.3 Å². The van der Waals surface area contributed by atoms with Crippen LogP contribution in [-0.4, -0.2) is 169 Å². The fourth-order valence-electron chi connectivity index (χ4n) is 19.4. The molecule has 0 radical (unpaired) electrons. The fourth-order valence-corrected chi connectivity index (χ4v) is 19.4. The predicted molar refractivity (Wildman–Crippen MR) is 497 cm³/mol. The smallest absolute Gasteiger partial charge is 0.261 e. The quantitative estimate of drug-likeness (QED) is 0.0709. The van der Waals surface area contributed by atoms with Crippen molar-refractivity contribution < 1.29 is 39.4 Å². The standard InChI is InChI=1S/C27H23N3O4.3C25H22N4O3/c31-24-14-34-10-9-23(24)30-15-28-26-20-7-2-1-5-18(20)16(12-21(26)27(30)33)11-17-13-25(32)29-22-8-4-3-6-19(17)22;30-22-14-32-11-8-21(22)29-15-27-24-19-6-2-1-5-18(19)16(13-20(24)25(29)31)12-17-4-3-7-23-26-9-10-28(17)23;30-22-14-32-10-8-21(22)29-15-26-24-19-6-2-1-5-18(19)16(12-20(24)25(29)31)11-17-13-28-9-4-3-7-23(28)27-17;30-22-14-32-10-8-21(22)29-15-27-24-19-6-2-1-5-18(19)16(12-20(24)25(29)31)11-17-13-26-23-7-3-4-9-28(17)23/h1-8,12-13,15,23-24,31H,9-11,14H2,(H,29,32);1-7,9-10,13,15,21-22,30H,8,11-12,14H2;2*1-7,9,12-13,15,21-22,30H,8,10-11,14H2/t23-,24-;3*21-,22-/m0000/s1. The monoisotopic (exact) mass is 1730 g/mol. The number of aliphatic hydroxyl groups excluding tert-OH is 4. The van der Waals surface area contributed by atoms with Crippen molar-refractivity contribution in [3.8, 4) is 0 Å². The Hall–Kier alpha value is -14.5. The van der Waals surface area contributed by atoms with E-state index in [9.17, 15) is 44.4 Å². The number of H-pyrrole nitrogens is 1. The largest absolute Gasteiger partial charge is 0.389 e. The maximum Gasteiger partial charge on any atom is 0.261 e. The number of rotatable bonds is 12. The summed E-state index contributed by atoms with van der Waals surface area (Å²) in [6.45, 7) is 2.93. The Morgan fingerprint density at radius 2 is 0.692 bits per heavy atom. The van der Waals surface area contributed by atoms with E-state index in [0.717, 1.165) is 116 Å². The second-order valence-electron chi connectivity index (χ2n) is 33.7. The number of hydrogen-bond donors (Lipinski definition) is 5. The number of hydrogen-bond acceptors (Lipinski definition) is 20. The number of benzene rings is 9. The van der Waals surface area contributed by atoms with Gasteiger partial charge in [-0.1, -0.05) is 133 Å². The van der Waals surface area contributed by atoms with Crippen LogP contribution >= 0.6 is 0 Å². The van der Waals surface area contributed by atoms with Gasteiger partial charge in [0.05, 0.1) is 150 Å². The van der Waals surface area contributed by atoms with Gasteiger partial charge in [0.2, 0.25) is 5.56 Å². The summed E-state index contributed by atoms with van der Waals surface area (Å²) in [5.41, 5.74) is 13.5. The van der Waals surface area contributed by atoms with Gasteiger partial charge in [0.25, 0.3) is 22.2 Å². The lowest BCUT2D eigenvalue weighted by Gasteiger charge is -2.29. The molecule has 28 nitrogen and oxygen atoms in total. The van der Waals surface area contributed by atoms with E-state index in [-0.39, 0.29) is 78.4 Å². The van der Waals surface area contributed by atoms with Crippen molar-refractivity contribution in [3.05, 3.63) is 365 Å². The first-order chi connectivity index (χ1) is 63.7. The lowest BCUT2D eigenvalue weighted by atomic mass is 9.94. The SMILES string of the molecule is O=c1c2cc(Cc3cccc4nccn34)c3ccccc3c2ncn1[C@H]1CCOC[C@@H]1O.O=c1c2cc(Cc3cn4ccccc4n3)c3ccccc3c2ncn1[C@H]1CCOC[C@@H]1O.O=c1c2cc(Cc3cnc4ccccn34)c3ccccc3c2ncn1[C@H]1CCOC[C@@H]1O.O=c1cc(Cc2cc3c(=O)n([C@H]4CCOC[C@@H]4O)cnc3c3ccccc23)c2ccccc2[nH]1. The van der Waals surface area contributed by atoms with Crippen LogP contribution in [0.3, 0.4) is 0 Å². The molecule has 130 heavy (non-hydrogen) atoms. The van der Waals surface area contributed by atoms with Crippen molar-refractivity contribution in [2.24, 2.45) is 0 Å². The van der Waals surface area contributed by atoms with E-state index >= 15 is 0 Å². The van der Waals surface area contributed by atoms with Gasteiger partial charge in [-0.05, 0) is 148 Å². The number of fused-ring (bicyclic) bond motifs is 16. The molecular formula is C102H89N15O13. The van der Waals surface area contributed by atoms with Crippen LogP contribution in [0.25, 0.3) is 115 Å². The summed E-state index contributed by atoms with van der Waals surface area (Å²) in [4.78, 5) is 102. The van der Waals surface area contributed by atoms with Crippen molar-refractivity contribution in [3.63, 3.8) is 0 Å². The van der Waals surface area contributed by atoms with Crippen LogP contribution in [-0.2, 0) is 44.6 Å². The van der Waals surface area contributed by atoms with Crippen molar-refractivity contribution in [2.75, 3.05) is 52.9 Å². The first-order valence-electron chi connectivity index (χ1n) is 43.7. The van der Waals surface area contributed by atoms with Crippen LogP contribution in [0.5, 0.6) is 0 Å². The number of nitrogens with one attached hydrogen (secondary N) is 1. The number of nitrogens with zero attached hydrogens (tertiary/aromatic N) is 14. The molecule has 9 aromatic carbocycles. The molecular weight excluding hydrogens is 1640 g/mol. The molecule has 0 spiro atoms. The molecule has 4 fully saturated rings. The fraction of sp³-hybridized carbons (Fsp3) is 0.235. The molecule has 8 atom stereocenters. The molecule has 0 saturated carbocycles. The number of aromatic nitrogens is 15. The molecule has 0 unspecified atom stereocenters. The summed E-state index contributed by atoms with van der Waals surface area (Å²) in [6, 6.07) is 65.7. The summed E-state index contributed by atoms with van der Waals surface area (Å²) in [5.74, 6) is 0. The third-order valence-electron chi connectivity index (χ3n) is 25.9. The van der Waals surface area contributed by atoms with Crippen LogP contribution < -0.4 is 27.8 Å². The van der Waals surface area contributed by atoms with Gasteiger partial charge in [-0.3, -0.25) is 42.2 Å². The van der Waals surface area contributed by atoms with E-state index in [1.807, 2.05) is 211 Å². The Labute approximate surface area is 739 Å². The van der Waals surface area contributed by atoms with Gasteiger partial charge >= 0.3 is 0 Å². The number of aliphatic hydroxyl groups is 4. The van der Waals surface area contributed by atoms with Crippen molar-refractivity contribution in [2.45, 2.75) is 99.9 Å². The van der Waals surface area contributed by atoms with Crippen molar-refractivity contribution in [1.82, 2.24) is 71.3 Å². The summed E-state index contributed by atoms with van der Waals surface area (Å²) in [5, 5.41) is 52.7. The van der Waals surface area contributed by atoms with E-state index in [2.05, 4.69) is 68.0 Å². The minimum absolute atomic E-state index is 0.131. The normalized spacial score (nSPS) is 19.0. The zero-order valence-electron chi connectivity index (χ0n) is 70.6. The Bertz CT molecular complexity index is 8070. The number of imidazole rings is 3. The highest BCUT2D eigenvalue weighted by atomic mass is 16.5. The molecule has 11 aromatic heterocycles. The van der Waals surface area contributed by atoms with E-state index in [1.165, 1.54) is 4.57 Å². The molecule has 0 aliphatic carbocycles. The maximum atomic E-state index is 13.6. The molecule has 0 bridgehead atoms. The zero-order valence-corrected chi connectivity index (χ0v) is 70.6. The van der Waals surface area contributed by atoms with Gasteiger partial charge in [0.1, 0.15) is 16.9 Å². The Morgan fingerprint density at radius 3 is 1.14 bits per heavy atom. The first kappa shape index (κ1) is 82.5. The highest BCUT2D eigenvalue weighted by Gasteiger charge is 2.33. The molecule has 15 heterocycles. The molecule has 24 rings (SSSR count). The van der Waals surface area contributed by atoms with Gasteiger partial charge in [-0.2, -0.15) is 0 Å². The predicted octanol–water partition coefficient (Wildman–Crippen LogP) is 12.6. The van der Waals surface area contributed by atoms with Crippen molar-refractivity contribution >= 4 is 115 Å². The van der Waals surface area contributed by atoms with Gasteiger partial charge in [0, 0.05) is 133 Å². The molecule has 4 aliphatic rings. The van der Waals surface area contributed by atoms with Gasteiger partial charge < -0.3 is 57.6 Å². The molecule has 0 amide bonds. The van der Waals surface area contributed by atoms with Crippen LogP contribution in [0.4, 0.5) is 0 Å². The molecule has 5 N–H and O–H groups in total. The number of ether oxygens (including phenoxy) is 4. The van der Waals surface area contributed by atoms with Gasteiger partial charge in [0.15, 0.2) is 0 Å². The Balaban J connectivity index is 0.000000105. The maximum absolute atomic E-state index is 13.6. The molecule has 20 aromatic rings. The van der Waals surface area contributed by atoms with Crippen LogP contribution in [0, 0.1) is 0 Å². The third kappa shape index (κ3) is 15.6. The average Bonchev–Trinajstić information content (AvgIpc) is 1.08. The number of aromatic amines is 1. The van der Waals surface area contributed by atoms with Crippen LogP contribution in [0.1, 0.15) is 94.7 Å². The van der Waals surface area contributed by atoms with Gasteiger partial charge in [-0.15, -0.1) is 0 Å². The topological polar surface area (TPSA) is 342 Å². The third-order valence-corrected chi connectivity index (χ3v) is 25.9. The minimum Gasteiger partial charge on any atom is -0.389 e. The summed E-state index contributed by atoms with van der Waals surface area (Å²) < 4.78 is 33.7. The molecule has 4 aliphatic heterocycles. The highest BCUT2D eigenvalue weighted by molar-refractivity contribution is 6.10. The lowest BCUT2D eigenvalue weighted by Crippen LogP contribution is -2.39. The van der Waals surface area contributed by atoms with E-state index in [4.69, 9.17) is 23.9 Å². The van der Waals surface area contributed by atoms with E-state index < -0.39 is 24.4 Å². The first-order valence-corrected chi connectivity index (χ1v) is 43.7. The van der Waals surface area contributed by atoms with Crippen LogP contribution in [0.15, 0.2) is 293 Å². The molecule has 28 heteroatoms. The number of pyridine rings is 4. The molecule has 4 saturated heterocycles. The second kappa shape index (κ2) is 35.3. The summed E-state index contributed by atoms with van der Waals surface area (Å²) in [7, 11) is 0. The minimum atomic E-state index is -0.756. The average molecular weight is 1730 g/mol. The second-order valence-corrected chi connectivity index (χ2v) is 33.7. The molecule has 650 valence electrons. The van der Waals surface area contributed by atoms with Gasteiger partial charge in [-0.25, -0.2) is 34.9 Å². The Kier molecular flexibility index (Phi) is 22.4. The summed E-state index contributed by atoms with van der Waals surface area (Å²) in [6.07, 6.45) is 19.6. The zero-order chi connectivity index (χ0) is 88.2. The van der Waals surface area contributed by atoms with Crippen molar-refractivity contribution in [1.29, 1.82) is 0 Å². The Morgan fingerprint density at radius 1 is 0.331 bits per heavy atom.